The second-order valence-electron chi connectivity index (χ2n) is 8.23. The molecule has 3 rings (SSSR count). The fourth-order valence-corrected chi connectivity index (χ4v) is 3.22. The first kappa shape index (κ1) is 22.3. The molecule has 2 N–H and O–H groups in total. The predicted molar refractivity (Wildman–Crippen MR) is 108 cm³/mol. The van der Waals surface area contributed by atoms with Gasteiger partial charge in [-0.3, -0.25) is 9.59 Å². The lowest BCUT2D eigenvalue weighted by molar-refractivity contribution is -0.137. The van der Waals surface area contributed by atoms with Crippen LogP contribution in [-0.2, 0) is 6.18 Å². The minimum absolute atomic E-state index is 0.245. The first-order chi connectivity index (χ1) is 14.4. The third-order valence-corrected chi connectivity index (χ3v) is 4.82. The van der Waals surface area contributed by atoms with Gasteiger partial charge in [0.2, 0.25) is 0 Å². The number of aromatic nitrogens is 4. The lowest BCUT2D eigenvalue weighted by atomic mass is 9.81. The Kier molecular flexibility index (Phi) is 5.75. The number of carbonyl (C=O) groups is 1. The van der Waals surface area contributed by atoms with E-state index >= 15 is 0 Å². The van der Waals surface area contributed by atoms with E-state index in [4.69, 9.17) is 0 Å². The summed E-state index contributed by atoms with van der Waals surface area (Å²) in [7, 11) is 0. The Morgan fingerprint density at radius 2 is 1.87 bits per heavy atom. The summed E-state index contributed by atoms with van der Waals surface area (Å²) in [6.45, 7) is 7.15. The molecule has 1 unspecified atom stereocenters. The molecule has 2 aromatic heterocycles. The van der Waals surface area contributed by atoms with E-state index in [1.807, 2.05) is 20.8 Å². The van der Waals surface area contributed by atoms with Gasteiger partial charge < -0.3 is 5.32 Å². The van der Waals surface area contributed by atoms with E-state index in [-0.39, 0.29) is 11.1 Å². The summed E-state index contributed by atoms with van der Waals surface area (Å²) >= 11 is 0. The van der Waals surface area contributed by atoms with Crippen LogP contribution in [0.5, 0.6) is 0 Å². The molecule has 1 aromatic carbocycles. The molecule has 164 valence electrons. The molecule has 0 aliphatic carbocycles. The summed E-state index contributed by atoms with van der Waals surface area (Å²) in [5.41, 5.74) is -0.655. The van der Waals surface area contributed by atoms with Gasteiger partial charge in [-0.25, -0.2) is 9.78 Å². The van der Waals surface area contributed by atoms with Crippen LogP contribution in [0.3, 0.4) is 0 Å². The number of amides is 1. The molecule has 2 heterocycles. The molecule has 3 aromatic rings. The molecule has 1 amide bonds. The summed E-state index contributed by atoms with van der Waals surface area (Å²) in [6.07, 6.45) is -3.13. The Morgan fingerprint density at radius 3 is 2.45 bits per heavy atom. The van der Waals surface area contributed by atoms with Gasteiger partial charge in [0.15, 0.2) is 5.82 Å². The lowest BCUT2D eigenvalue weighted by Gasteiger charge is -2.32. The number of alkyl halides is 3. The highest BCUT2D eigenvalue weighted by Crippen LogP contribution is 2.36. The second kappa shape index (κ2) is 8.01. The van der Waals surface area contributed by atoms with Gasteiger partial charge in [0.1, 0.15) is 0 Å². The Balaban J connectivity index is 1.93. The standard InChI is InChI=1S/C21H22F3N5O2/c1-12-15(11-25-29(12)16-8-9-17(30)28-27-16)19(31)26-18(20(2,3)4)13-6-5-7-14(10-13)21(22,23)24/h5-11,18H,1-4H3,(H,26,31)(H,28,30). The molecule has 1 atom stereocenters. The topological polar surface area (TPSA) is 92.7 Å². The van der Waals surface area contributed by atoms with Gasteiger partial charge in [-0.2, -0.15) is 23.4 Å². The predicted octanol–water partition coefficient (Wildman–Crippen LogP) is 3.80. The Morgan fingerprint density at radius 1 is 1.16 bits per heavy atom. The summed E-state index contributed by atoms with van der Waals surface area (Å²) in [5, 5.41) is 13.2. The van der Waals surface area contributed by atoms with Crippen LogP contribution in [0.1, 0.15) is 54.0 Å². The van der Waals surface area contributed by atoms with Crippen molar-refractivity contribution in [2.45, 2.75) is 39.9 Å². The third-order valence-electron chi connectivity index (χ3n) is 4.82. The van der Waals surface area contributed by atoms with Crippen molar-refractivity contribution in [3.8, 4) is 5.82 Å². The van der Waals surface area contributed by atoms with Crippen LogP contribution in [-0.4, -0.2) is 25.9 Å². The van der Waals surface area contributed by atoms with E-state index < -0.39 is 29.1 Å². The number of hydrogen-bond donors (Lipinski definition) is 2. The van der Waals surface area contributed by atoms with Gasteiger partial charge in [-0.1, -0.05) is 32.9 Å². The van der Waals surface area contributed by atoms with Gasteiger partial charge in [-0.15, -0.1) is 0 Å². The zero-order valence-electron chi connectivity index (χ0n) is 17.4. The first-order valence-corrected chi connectivity index (χ1v) is 9.46. The first-order valence-electron chi connectivity index (χ1n) is 9.46. The summed E-state index contributed by atoms with van der Waals surface area (Å²) in [4.78, 5) is 24.2. The van der Waals surface area contributed by atoms with Crippen LogP contribution in [0.15, 0.2) is 47.4 Å². The monoisotopic (exact) mass is 433 g/mol. The second-order valence-corrected chi connectivity index (χ2v) is 8.23. The summed E-state index contributed by atoms with van der Waals surface area (Å²) in [5.74, 6) is -0.160. The van der Waals surface area contributed by atoms with Crippen LogP contribution in [0, 0.1) is 12.3 Å². The van der Waals surface area contributed by atoms with Crippen molar-refractivity contribution in [2.75, 3.05) is 0 Å². The van der Waals surface area contributed by atoms with Crippen LogP contribution >= 0.6 is 0 Å². The molecule has 10 heteroatoms. The molecule has 0 fully saturated rings. The van der Waals surface area contributed by atoms with E-state index in [0.29, 0.717) is 17.1 Å². The van der Waals surface area contributed by atoms with E-state index in [2.05, 4.69) is 20.6 Å². The Hall–Kier alpha value is -3.43. The number of hydrogen-bond acceptors (Lipinski definition) is 4. The number of nitrogens with one attached hydrogen (secondary N) is 2. The molecule has 31 heavy (non-hydrogen) atoms. The number of carbonyl (C=O) groups excluding carboxylic acids is 1. The van der Waals surface area contributed by atoms with Gasteiger partial charge in [0.05, 0.1) is 29.1 Å². The number of aromatic amines is 1. The van der Waals surface area contributed by atoms with Crippen molar-refractivity contribution in [3.63, 3.8) is 0 Å². The maximum absolute atomic E-state index is 13.2. The van der Waals surface area contributed by atoms with Crippen molar-refractivity contribution in [1.29, 1.82) is 0 Å². The summed E-state index contributed by atoms with van der Waals surface area (Å²) in [6, 6.07) is 7.00. The number of nitrogens with zero attached hydrogens (tertiary/aromatic N) is 3. The Labute approximate surface area is 176 Å². The molecule has 0 aliphatic rings. The third kappa shape index (κ3) is 4.84. The highest BCUT2D eigenvalue weighted by atomic mass is 19.4. The van der Waals surface area contributed by atoms with Crippen molar-refractivity contribution in [3.05, 3.63) is 75.3 Å². The molecule has 0 saturated carbocycles. The van der Waals surface area contributed by atoms with Crippen LogP contribution < -0.4 is 10.9 Å². The zero-order valence-corrected chi connectivity index (χ0v) is 17.4. The molecule has 0 bridgehead atoms. The summed E-state index contributed by atoms with van der Waals surface area (Å²) < 4.78 is 40.9. The molecule has 0 aliphatic heterocycles. The number of halogens is 3. The van der Waals surface area contributed by atoms with Gasteiger partial charge in [0, 0.05) is 6.07 Å². The smallest absolute Gasteiger partial charge is 0.345 e. The normalized spacial score (nSPS) is 13.1. The maximum atomic E-state index is 13.2. The largest absolute Gasteiger partial charge is 0.416 e. The molecular weight excluding hydrogens is 411 g/mol. The molecular formula is C21H22F3N5O2. The van der Waals surface area contributed by atoms with Crippen LogP contribution in [0.4, 0.5) is 13.2 Å². The maximum Gasteiger partial charge on any atom is 0.416 e. The minimum atomic E-state index is -4.48. The fourth-order valence-electron chi connectivity index (χ4n) is 3.22. The molecule has 7 nitrogen and oxygen atoms in total. The molecule has 0 spiro atoms. The van der Waals surface area contributed by atoms with E-state index in [9.17, 15) is 22.8 Å². The van der Waals surface area contributed by atoms with Crippen molar-refractivity contribution in [2.24, 2.45) is 5.41 Å². The minimum Gasteiger partial charge on any atom is -0.345 e. The Bertz CT molecular complexity index is 1140. The quantitative estimate of drug-likeness (QED) is 0.655. The molecule has 0 saturated heterocycles. The van der Waals surface area contributed by atoms with Crippen LogP contribution in [0.25, 0.3) is 5.82 Å². The average molecular weight is 433 g/mol. The van der Waals surface area contributed by atoms with E-state index in [1.165, 1.54) is 29.1 Å². The number of rotatable bonds is 4. The van der Waals surface area contributed by atoms with Gasteiger partial charge >= 0.3 is 6.18 Å². The van der Waals surface area contributed by atoms with Crippen molar-refractivity contribution in [1.82, 2.24) is 25.3 Å². The SMILES string of the molecule is Cc1c(C(=O)NC(c2cccc(C(F)(F)F)c2)C(C)(C)C)cnn1-c1ccc(=O)[nH]n1. The van der Waals surface area contributed by atoms with Crippen molar-refractivity contribution < 1.29 is 18.0 Å². The van der Waals surface area contributed by atoms with Gasteiger partial charge in [-0.05, 0) is 36.1 Å². The van der Waals surface area contributed by atoms with E-state index in [0.717, 1.165) is 12.1 Å². The zero-order chi connectivity index (χ0) is 23.0. The highest BCUT2D eigenvalue weighted by Gasteiger charge is 2.34. The van der Waals surface area contributed by atoms with Gasteiger partial charge in [0.25, 0.3) is 11.5 Å². The number of H-pyrrole nitrogens is 1. The van der Waals surface area contributed by atoms with Crippen LogP contribution in [0.2, 0.25) is 0 Å². The highest BCUT2D eigenvalue weighted by molar-refractivity contribution is 5.95. The number of benzene rings is 1. The average Bonchev–Trinajstić information content (AvgIpc) is 3.06. The lowest BCUT2D eigenvalue weighted by Crippen LogP contribution is -2.37. The molecule has 0 radical (unpaired) electrons. The van der Waals surface area contributed by atoms with E-state index in [1.54, 1.807) is 13.0 Å². The fraction of sp³-hybridized carbons (Fsp3) is 0.333. The van der Waals surface area contributed by atoms with Crippen molar-refractivity contribution >= 4 is 5.91 Å².